The van der Waals surface area contributed by atoms with E-state index in [1.54, 1.807) is 12.1 Å². The number of nitrogen functional groups attached to an aromatic ring is 1. The zero-order valence-corrected chi connectivity index (χ0v) is 9.67. The van der Waals surface area contributed by atoms with Gasteiger partial charge in [0.15, 0.2) is 5.75 Å². The minimum absolute atomic E-state index is 0.0749. The first kappa shape index (κ1) is 12.0. The molecule has 0 fully saturated rings. The summed E-state index contributed by atoms with van der Waals surface area (Å²) in [4.78, 5) is 11.0. The summed E-state index contributed by atoms with van der Waals surface area (Å²) in [6, 6.07) is 14.2. The maximum absolute atomic E-state index is 11.0. The van der Waals surface area contributed by atoms with Crippen LogP contribution in [-0.2, 0) is 6.61 Å². The van der Waals surface area contributed by atoms with Crippen LogP contribution in [0.15, 0.2) is 48.5 Å². The van der Waals surface area contributed by atoms with Crippen LogP contribution >= 0.6 is 0 Å². The van der Waals surface area contributed by atoms with Crippen molar-refractivity contribution in [3.8, 4) is 5.75 Å². The van der Waals surface area contributed by atoms with Crippen LogP contribution in [0.5, 0.6) is 5.75 Å². The standard InChI is InChI=1S/C14H13NO3/c15-12-8-4-7-11(14(16)17)13(12)18-9-10-5-2-1-3-6-10/h1-8H,9,15H2,(H,16,17). The van der Waals surface area contributed by atoms with Crippen molar-refractivity contribution >= 4 is 11.7 Å². The number of benzene rings is 2. The quantitative estimate of drug-likeness (QED) is 0.809. The Balaban J connectivity index is 2.21. The summed E-state index contributed by atoms with van der Waals surface area (Å²) in [6.45, 7) is 0.287. The number of para-hydroxylation sites is 1. The van der Waals surface area contributed by atoms with Gasteiger partial charge in [0, 0.05) is 0 Å². The average molecular weight is 243 g/mol. The largest absolute Gasteiger partial charge is 0.486 e. The minimum atomic E-state index is -1.05. The molecule has 0 radical (unpaired) electrons. The minimum Gasteiger partial charge on any atom is -0.486 e. The Kier molecular flexibility index (Phi) is 3.48. The van der Waals surface area contributed by atoms with Crippen molar-refractivity contribution in [1.82, 2.24) is 0 Å². The summed E-state index contributed by atoms with van der Waals surface area (Å²) in [5.74, 6) is -0.834. The molecule has 92 valence electrons. The summed E-state index contributed by atoms with van der Waals surface area (Å²) in [5, 5.41) is 9.05. The number of rotatable bonds is 4. The maximum Gasteiger partial charge on any atom is 0.339 e. The fourth-order valence-corrected chi connectivity index (χ4v) is 1.61. The number of aromatic carboxylic acids is 1. The summed E-state index contributed by atoms with van der Waals surface area (Å²) >= 11 is 0. The van der Waals surface area contributed by atoms with Crippen molar-refractivity contribution in [1.29, 1.82) is 0 Å². The number of carbonyl (C=O) groups is 1. The van der Waals surface area contributed by atoms with Gasteiger partial charge in [-0.05, 0) is 17.7 Å². The summed E-state index contributed by atoms with van der Waals surface area (Å²) < 4.78 is 5.51. The first-order chi connectivity index (χ1) is 8.68. The number of carboxylic acids is 1. The van der Waals surface area contributed by atoms with Crippen LogP contribution in [0, 0.1) is 0 Å². The lowest BCUT2D eigenvalue weighted by Crippen LogP contribution is -2.06. The molecule has 0 bridgehead atoms. The maximum atomic E-state index is 11.0. The van der Waals surface area contributed by atoms with Crippen molar-refractivity contribution in [2.75, 3.05) is 5.73 Å². The predicted molar refractivity (Wildman–Crippen MR) is 68.6 cm³/mol. The van der Waals surface area contributed by atoms with E-state index in [-0.39, 0.29) is 17.9 Å². The van der Waals surface area contributed by atoms with E-state index >= 15 is 0 Å². The summed E-state index contributed by atoms with van der Waals surface area (Å²) in [5.41, 5.74) is 7.09. The highest BCUT2D eigenvalue weighted by Gasteiger charge is 2.13. The van der Waals surface area contributed by atoms with Crippen LogP contribution in [0.1, 0.15) is 15.9 Å². The Hall–Kier alpha value is -2.49. The third-order valence-electron chi connectivity index (χ3n) is 2.50. The zero-order chi connectivity index (χ0) is 13.0. The van der Waals surface area contributed by atoms with Crippen molar-refractivity contribution in [3.05, 3.63) is 59.7 Å². The van der Waals surface area contributed by atoms with Gasteiger partial charge in [0.1, 0.15) is 12.2 Å². The lowest BCUT2D eigenvalue weighted by atomic mass is 10.1. The van der Waals surface area contributed by atoms with Gasteiger partial charge in [-0.3, -0.25) is 0 Å². The van der Waals surface area contributed by atoms with Gasteiger partial charge in [0.05, 0.1) is 5.69 Å². The van der Waals surface area contributed by atoms with Crippen molar-refractivity contribution < 1.29 is 14.6 Å². The lowest BCUT2D eigenvalue weighted by molar-refractivity contribution is 0.0692. The van der Waals surface area contributed by atoms with Gasteiger partial charge in [-0.2, -0.15) is 0 Å². The number of ether oxygens (including phenoxy) is 1. The second kappa shape index (κ2) is 5.23. The van der Waals surface area contributed by atoms with Gasteiger partial charge in [-0.15, -0.1) is 0 Å². The van der Waals surface area contributed by atoms with E-state index < -0.39 is 5.97 Å². The molecule has 2 aromatic rings. The fourth-order valence-electron chi connectivity index (χ4n) is 1.61. The Labute approximate surface area is 105 Å². The Morgan fingerprint density at radius 1 is 1.11 bits per heavy atom. The van der Waals surface area contributed by atoms with E-state index in [0.717, 1.165) is 5.56 Å². The Morgan fingerprint density at radius 2 is 1.83 bits per heavy atom. The third-order valence-corrected chi connectivity index (χ3v) is 2.50. The molecule has 0 aliphatic carbocycles. The molecule has 4 nitrogen and oxygen atoms in total. The molecule has 0 aliphatic rings. The molecule has 0 spiro atoms. The SMILES string of the molecule is Nc1cccc(C(=O)O)c1OCc1ccccc1. The van der Waals surface area contributed by atoms with Gasteiger partial charge in [0.25, 0.3) is 0 Å². The van der Waals surface area contributed by atoms with Crippen LogP contribution in [0.25, 0.3) is 0 Å². The second-order valence-corrected chi connectivity index (χ2v) is 3.80. The van der Waals surface area contributed by atoms with Crippen molar-refractivity contribution in [2.24, 2.45) is 0 Å². The molecule has 4 heteroatoms. The first-order valence-electron chi connectivity index (χ1n) is 5.47. The number of anilines is 1. The van der Waals surface area contributed by atoms with Crippen molar-refractivity contribution in [3.63, 3.8) is 0 Å². The molecular formula is C14H13NO3. The van der Waals surface area contributed by atoms with E-state index in [9.17, 15) is 4.79 Å². The molecule has 18 heavy (non-hydrogen) atoms. The van der Waals surface area contributed by atoms with Gasteiger partial charge in [-0.1, -0.05) is 36.4 Å². The number of hydrogen-bond acceptors (Lipinski definition) is 3. The molecule has 0 aromatic heterocycles. The summed E-state index contributed by atoms with van der Waals surface area (Å²) in [7, 11) is 0. The smallest absolute Gasteiger partial charge is 0.339 e. The zero-order valence-electron chi connectivity index (χ0n) is 9.67. The predicted octanol–water partition coefficient (Wildman–Crippen LogP) is 2.55. The van der Waals surface area contributed by atoms with Crippen molar-refractivity contribution in [2.45, 2.75) is 6.61 Å². The van der Waals surface area contributed by atoms with E-state index in [1.807, 2.05) is 30.3 Å². The van der Waals surface area contributed by atoms with Gasteiger partial charge in [0.2, 0.25) is 0 Å². The third kappa shape index (κ3) is 2.60. The molecular weight excluding hydrogens is 230 g/mol. The highest BCUT2D eigenvalue weighted by Crippen LogP contribution is 2.27. The number of hydrogen-bond donors (Lipinski definition) is 2. The summed E-state index contributed by atoms with van der Waals surface area (Å²) in [6.07, 6.45) is 0. The highest BCUT2D eigenvalue weighted by molar-refractivity contribution is 5.93. The highest BCUT2D eigenvalue weighted by atomic mass is 16.5. The number of nitrogens with two attached hydrogens (primary N) is 1. The average Bonchev–Trinajstić information content (AvgIpc) is 2.38. The fraction of sp³-hybridized carbons (Fsp3) is 0.0714. The molecule has 0 unspecified atom stereocenters. The van der Waals surface area contributed by atoms with Crippen LogP contribution in [0.4, 0.5) is 5.69 Å². The normalized spacial score (nSPS) is 10.0. The Bertz CT molecular complexity index is 552. The van der Waals surface area contributed by atoms with Crippen LogP contribution in [0.2, 0.25) is 0 Å². The first-order valence-corrected chi connectivity index (χ1v) is 5.47. The van der Waals surface area contributed by atoms with Crippen LogP contribution < -0.4 is 10.5 Å². The van der Waals surface area contributed by atoms with E-state index in [4.69, 9.17) is 15.6 Å². The molecule has 2 rings (SSSR count). The van der Waals surface area contributed by atoms with Gasteiger partial charge < -0.3 is 15.6 Å². The molecule has 0 saturated carbocycles. The van der Waals surface area contributed by atoms with E-state index in [0.29, 0.717) is 5.69 Å². The molecule has 0 heterocycles. The number of carboxylic acid groups (broad SMARTS) is 1. The van der Waals surface area contributed by atoms with E-state index in [1.165, 1.54) is 6.07 Å². The molecule has 3 N–H and O–H groups in total. The topological polar surface area (TPSA) is 72.6 Å². The molecule has 0 amide bonds. The van der Waals surface area contributed by atoms with Gasteiger partial charge in [-0.25, -0.2) is 4.79 Å². The van der Waals surface area contributed by atoms with Crippen LogP contribution in [0.3, 0.4) is 0 Å². The molecule has 0 atom stereocenters. The lowest BCUT2D eigenvalue weighted by Gasteiger charge is -2.11. The van der Waals surface area contributed by atoms with E-state index in [2.05, 4.69) is 0 Å². The second-order valence-electron chi connectivity index (χ2n) is 3.80. The van der Waals surface area contributed by atoms with Crippen LogP contribution in [-0.4, -0.2) is 11.1 Å². The Morgan fingerprint density at radius 3 is 2.50 bits per heavy atom. The molecule has 2 aromatic carbocycles. The molecule has 0 saturated heterocycles. The molecule has 0 aliphatic heterocycles. The van der Waals surface area contributed by atoms with Gasteiger partial charge >= 0.3 is 5.97 Å². The monoisotopic (exact) mass is 243 g/mol.